The topological polar surface area (TPSA) is 32.8 Å². The molecule has 0 bridgehead atoms. The number of rotatable bonds is 1. The lowest BCUT2D eigenvalue weighted by atomic mass is 9.88. The second-order valence-corrected chi connectivity index (χ2v) is 7.05. The Balaban J connectivity index is 3.07. The summed E-state index contributed by atoms with van der Waals surface area (Å²) in [7, 11) is 3.86. The summed E-state index contributed by atoms with van der Waals surface area (Å²) in [5.74, 6) is 0.0868. The molecule has 4 heteroatoms. The predicted molar refractivity (Wildman–Crippen MR) is 68.4 cm³/mol. The van der Waals surface area contributed by atoms with Gasteiger partial charge in [0.15, 0.2) is 6.35 Å². The maximum absolute atomic E-state index is 12.5. The number of nitrogens with zero attached hydrogens (tertiary/aromatic N) is 2. The van der Waals surface area contributed by atoms with Crippen LogP contribution < -0.4 is 0 Å². The summed E-state index contributed by atoms with van der Waals surface area (Å²) in [6.45, 7) is 12.2. The molecule has 1 saturated heterocycles. The molecular formula is C13H26N2O2. The molecular weight excluding hydrogens is 216 g/mol. The Hall–Kier alpha value is -0.610. The molecule has 4 nitrogen and oxygen atoms in total. The van der Waals surface area contributed by atoms with Gasteiger partial charge in [-0.15, -0.1) is 0 Å². The van der Waals surface area contributed by atoms with Gasteiger partial charge in [0.05, 0.1) is 0 Å². The van der Waals surface area contributed by atoms with Gasteiger partial charge in [-0.25, -0.2) is 0 Å². The molecule has 0 aromatic rings. The SMILES string of the molecule is CN(C)[C@@H]1O[C@H](C(C)(C)C)C(=O)N1C(C)(C)C. The van der Waals surface area contributed by atoms with Crippen molar-refractivity contribution in [3.63, 3.8) is 0 Å². The number of hydrogen-bond acceptors (Lipinski definition) is 3. The Labute approximate surface area is 105 Å². The normalized spacial score (nSPS) is 27.1. The van der Waals surface area contributed by atoms with Crippen LogP contribution in [0.2, 0.25) is 0 Å². The highest BCUT2D eigenvalue weighted by atomic mass is 16.6. The molecule has 0 saturated carbocycles. The molecule has 17 heavy (non-hydrogen) atoms. The van der Waals surface area contributed by atoms with Gasteiger partial charge in [0.2, 0.25) is 0 Å². The van der Waals surface area contributed by atoms with Crippen LogP contribution >= 0.6 is 0 Å². The molecule has 0 aromatic carbocycles. The van der Waals surface area contributed by atoms with Gasteiger partial charge in [0.25, 0.3) is 5.91 Å². The minimum atomic E-state index is -0.367. The first-order chi connectivity index (χ1) is 7.46. The fourth-order valence-electron chi connectivity index (χ4n) is 2.07. The lowest BCUT2D eigenvalue weighted by Gasteiger charge is -2.38. The molecule has 0 spiro atoms. The molecule has 1 rings (SSSR count). The van der Waals surface area contributed by atoms with Crippen LogP contribution in [-0.2, 0) is 9.53 Å². The van der Waals surface area contributed by atoms with Crippen molar-refractivity contribution in [3.05, 3.63) is 0 Å². The van der Waals surface area contributed by atoms with Crippen molar-refractivity contribution < 1.29 is 9.53 Å². The maximum atomic E-state index is 12.5. The number of carbonyl (C=O) groups excluding carboxylic acids is 1. The van der Waals surface area contributed by atoms with Gasteiger partial charge in [-0.3, -0.25) is 14.6 Å². The van der Waals surface area contributed by atoms with Crippen LogP contribution in [0.1, 0.15) is 41.5 Å². The summed E-state index contributed by atoms with van der Waals surface area (Å²) >= 11 is 0. The average molecular weight is 242 g/mol. The molecule has 0 unspecified atom stereocenters. The summed E-state index contributed by atoms with van der Waals surface area (Å²) in [6.07, 6.45) is -0.638. The van der Waals surface area contributed by atoms with Crippen molar-refractivity contribution in [2.24, 2.45) is 5.41 Å². The zero-order valence-corrected chi connectivity index (χ0v) is 12.4. The van der Waals surface area contributed by atoms with Crippen molar-refractivity contribution in [1.82, 2.24) is 9.80 Å². The van der Waals surface area contributed by atoms with E-state index < -0.39 is 0 Å². The van der Waals surface area contributed by atoms with Crippen LogP contribution in [0, 0.1) is 5.41 Å². The third kappa shape index (κ3) is 2.80. The number of carbonyl (C=O) groups is 1. The fraction of sp³-hybridized carbons (Fsp3) is 0.923. The molecule has 1 fully saturated rings. The Kier molecular flexibility index (Phi) is 3.61. The van der Waals surface area contributed by atoms with Gasteiger partial charge in [-0.2, -0.15) is 0 Å². The van der Waals surface area contributed by atoms with E-state index in [0.717, 1.165) is 0 Å². The first kappa shape index (κ1) is 14.5. The van der Waals surface area contributed by atoms with Gasteiger partial charge in [0.1, 0.15) is 6.10 Å². The van der Waals surface area contributed by atoms with Gasteiger partial charge >= 0.3 is 0 Å². The van der Waals surface area contributed by atoms with Crippen LogP contribution in [0.5, 0.6) is 0 Å². The molecule has 1 aliphatic heterocycles. The van der Waals surface area contributed by atoms with E-state index in [0.29, 0.717) is 0 Å². The summed E-state index contributed by atoms with van der Waals surface area (Å²) in [5.41, 5.74) is -0.405. The monoisotopic (exact) mass is 242 g/mol. The van der Waals surface area contributed by atoms with Crippen molar-refractivity contribution in [2.75, 3.05) is 14.1 Å². The Bertz CT molecular complexity index is 300. The lowest BCUT2D eigenvalue weighted by Crippen LogP contribution is -2.53. The summed E-state index contributed by atoms with van der Waals surface area (Å²) in [5, 5.41) is 0. The first-order valence-corrected chi connectivity index (χ1v) is 6.11. The van der Waals surface area contributed by atoms with Gasteiger partial charge in [-0.05, 0) is 40.3 Å². The largest absolute Gasteiger partial charge is 0.331 e. The third-order valence-electron chi connectivity index (χ3n) is 2.89. The van der Waals surface area contributed by atoms with E-state index in [1.807, 2.05) is 65.4 Å². The Morgan fingerprint density at radius 1 is 1.12 bits per heavy atom. The molecule has 100 valence electrons. The standard InChI is InChI=1S/C13H26N2O2/c1-12(2,3)9-10(16)15(13(4,5)6)11(17-9)14(7)8/h9,11H,1-8H3/t9-,11-/m0/s1. The van der Waals surface area contributed by atoms with E-state index in [1.54, 1.807) is 0 Å². The highest BCUT2D eigenvalue weighted by molar-refractivity contribution is 5.84. The molecule has 1 heterocycles. The zero-order chi connectivity index (χ0) is 13.6. The smallest absolute Gasteiger partial charge is 0.255 e. The van der Waals surface area contributed by atoms with Crippen molar-refractivity contribution >= 4 is 5.91 Å². The molecule has 1 amide bonds. The predicted octanol–water partition coefficient (Wildman–Crippen LogP) is 1.90. The highest BCUT2D eigenvalue weighted by Gasteiger charge is 2.50. The lowest BCUT2D eigenvalue weighted by molar-refractivity contribution is -0.140. The van der Waals surface area contributed by atoms with Crippen LogP contribution in [0.25, 0.3) is 0 Å². The second-order valence-electron chi connectivity index (χ2n) is 7.05. The molecule has 0 aliphatic carbocycles. The van der Waals surface area contributed by atoms with Crippen molar-refractivity contribution in [2.45, 2.75) is 59.5 Å². The number of ether oxygens (including phenoxy) is 1. The van der Waals surface area contributed by atoms with Gasteiger partial charge in [0, 0.05) is 5.54 Å². The zero-order valence-electron chi connectivity index (χ0n) is 12.4. The fourth-order valence-corrected chi connectivity index (χ4v) is 2.07. The van der Waals surface area contributed by atoms with E-state index in [9.17, 15) is 4.79 Å². The van der Waals surface area contributed by atoms with Crippen LogP contribution in [0.3, 0.4) is 0 Å². The third-order valence-corrected chi connectivity index (χ3v) is 2.89. The van der Waals surface area contributed by atoms with E-state index in [4.69, 9.17) is 4.74 Å². The minimum Gasteiger partial charge on any atom is -0.331 e. The molecule has 0 radical (unpaired) electrons. The molecule has 0 aromatic heterocycles. The summed E-state index contributed by atoms with van der Waals surface area (Å²) in [4.78, 5) is 16.3. The minimum absolute atomic E-state index is 0.0868. The quantitative estimate of drug-likeness (QED) is 0.704. The first-order valence-electron chi connectivity index (χ1n) is 6.11. The van der Waals surface area contributed by atoms with Crippen molar-refractivity contribution in [1.29, 1.82) is 0 Å². The van der Waals surface area contributed by atoms with Crippen molar-refractivity contribution in [3.8, 4) is 0 Å². The van der Waals surface area contributed by atoms with Gasteiger partial charge < -0.3 is 4.74 Å². The van der Waals surface area contributed by atoms with E-state index in [2.05, 4.69) is 0 Å². The second kappa shape index (κ2) is 4.25. The molecule has 2 atom stereocenters. The maximum Gasteiger partial charge on any atom is 0.255 e. The van der Waals surface area contributed by atoms with Crippen LogP contribution in [0.15, 0.2) is 0 Å². The van der Waals surface area contributed by atoms with E-state index >= 15 is 0 Å². The summed E-state index contributed by atoms with van der Waals surface area (Å²) < 4.78 is 5.94. The van der Waals surface area contributed by atoms with Crippen LogP contribution in [0.4, 0.5) is 0 Å². The Morgan fingerprint density at radius 3 is 1.82 bits per heavy atom. The summed E-state index contributed by atoms with van der Waals surface area (Å²) in [6, 6.07) is 0. The highest BCUT2D eigenvalue weighted by Crippen LogP contribution is 2.35. The van der Waals surface area contributed by atoms with E-state index in [1.165, 1.54) is 0 Å². The number of hydrogen-bond donors (Lipinski definition) is 0. The number of amides is 1. The Morgan fingerprint density at radius 2 is 1.59 bits per heavy atom. The van der Waals surface area contributed by atoms with E-state index in [-0.39, 0.29) is 29.3 Å². The molecule has 1 aliphatic rings. The average Bonchev–Trinajstić information content (AvgIpc) is 2.40. The molecule has 0 N–H and O–H groups in total. The van der Waals surface area contributed by atoms with Crippen LogP contribution in [-0.4, -0.2) is 47.8 Å². The van der Waals surface area contributed by atoms with Gasteiger partial charge in [-0.1, -0.05) is 20.8 Å².